The summed E-state index contributed by atoms with van der Waals surface area (Å²) in [5, 5.41) is 1.22. The quantitative estimate of drug-likeness (QED) is 0.652. The first kappa shape index (κ1) is 14.6. The van der Waals surface area contributed by atoms with Gasteiger partial charge in [-0.2, -0.15) is 0 Å². The summed E-state index contributed by atoms with van der Waals surface area (Å²) in [4.78, 5) is 16.8. The van der Waals surface area contributed by atoms with Crippen molar-refractivity contribution < 1.29 is 0 Å². The fourth-order valence-corrected chi connectivity index (χ4v) is 3.13. The Balaban J connectivity index is 2.12. The maximum absolute atomic E-state index is 12.5. The standard InChI is InChI=1S/C15H9BrCl2N2O/c16-10-3-1-2-9(4-10)7-20-8-19-14-12(15(20)21)5-11(17)6-13(14)18/h1-6,8H,7H2. The molecule has 0 aliphatic carbocycles. The maximum Gasteiger partial charge on any atom is 0.261 e. The fourth-order valence-electron chi connectivity index (χ4n) is 2.14. The highest BCUT2D eigenvalue weighted by atomic mass is 79.9. The number of aromatic nitrogens is 2. The third kappa shape index (κ3) is 2.98. The van der Waals surface area contributed by atoms with E-state index in [0.717, 1.165) is 10.0 Å². The van der Waals surface area contributed by atoms with Gasteiger partial charge < -0.3 is 0 Å². The van der Waals surface area contributed by atoms with Gasteiger partial charge >= 0.3 is 0 Å². The van der Waals surface area contributed by atoms with Crippen LogP contribution in [0.2, 0.25) is 10.0 Å². The molecule has 0 amide bonds. The minimum Gasteiger partial charge on any atom is -0.294 e. The minimum absolute atomic E-state index is 0.163. The van der Waals surface area contributed by atoms with Crippen molar-refractivity contribution in [1.29, 1.82) is 0 Å². The van der Waals surface area contributed by atoms with Crippen LogP contribution in [0.4, 0.5) is 0 Å². The molecule has 3 rings (SSSR count). The van der Waals surface area contributed by atoms with Crippen LogP contribution in [-0.2, 0) is 6.54 Å². The topological polar surface area (TPSA) is 34.9 Å². The molecule has 3 aromatic rings. The molecule has 0 N–H and O–H groups in total. The van der Waals surface area contributed by atoms with E-state index in [1.165, 1.54) is 10.9 Å². The maximum atomic E-state index is 12.5. The van der Waals surface area contributed by atoms with E-state index in [-0.39, 0.29) is 5.56 Å². The van der Waals surface area contributed by atoms with Crippen LogP contribution in [-0.4, -0.2) is 9.55 Å². The Labute approximate surface area is 139 Å². The number of hydrogen-bond donors (Lipinski definition) is 0. The van der Waals surface area contributed by atoms with E-state index in [9.17, 15) is 4.79 Å². The lowest BCUT2D eigenvalue weighted by Gasteiger charge is -2.08. The van der Waals surface area contributed by atoms with Gasteiger partial charge in [-0.25, -0.2) is 4.98 Å². The first-order chi connectivity index (χ1) is 10.0. The van der Waals surface area contributed by atoms with E-state index in [1.54, 1.807) is 12.1 Å². The summed E-state index contributed by atoms with van der Waals surface area (Å²) in [5.41, 5.74) is 1.31. The molecule has 3 nitrogen and oxygen atoms in total. The van der Waals surface area contributed by atoms with Gasteiger partial charge in [0.2, 0.25) is 0 Å². The summed E-state index contributed by atoms with van der Waals surface area (Å²) in [6, 6.07) is 10.9. The van der Waals surface area contributed by atoms with Crippen molar-refractivity contribution in [3.05, 3.63) is 73.2 Å². The summed E-state index contributed by atoms with van der Waals surface area (Å²) >= 11 is 15.4. The molecule has 1 aromatic heterocycles. The van der Waals surface area contributed by atoms with Gasteiger partial charge in [0.05, 0.1) is 28.8 Å². The van der Waals surface area contributed by atoms with Crippen molar-refractivity contribution >= 4 is 50.0 Å². The molecule has 2 aromatic carbocycles. The van der Waals surface area contributed by atoms with E-state index in [0.29, 0.717) is 27.5 Å². The Kier molecular flexibility index (Phi) is 4.02. The highest BCUT2D eigenvalue weighted by Gasteiger charge is 2.09. The van der Waals surface area contributed by atoms with Crippen LogP contribution in [0.3, 0.4) is 0 Å². The molecule has 0 radical (unpaired) electrons. The van der Waals surface area contributed by atoms with E-state index >= 15 is 0 Å². The zero-order chi connectivity index (χ0) is 15.0. The molecule has 106 valence electrons. The molecule has 0 bridgehead atoms. The monoisotopic (exact) mass is 382 g/mol. The smallest absolute Gasteiger partial charge is 0.261 e. The predicted octanol–water partition coefficient (Wildman–Crippen LogP) is 4.51. The van der Waals surface area contributed by atoms with Crippen molar-refractivity contribution in [2.75, 3.05) is 0 Å². The molecular formula is C15H9BrCl2N2O. The summed E-state index contributed by atoms with van der Waals surface area (Å²) < 4.78 is 2.50. The molecule has 0 aliphatic rings. The van der Waals surface area contributed by atoms with E-state index in [4.69, 9.17) is 23.2 Å². The van der Waals surface area contributed by atoms with Gasteiger partial charge in [-0.15, -0.1) is 0 Å². The number of halogens is 3. The van der Waals surface area contributed by atoms with Gasteiger partial charge in [-0.3, -0.25) is 9.36 Å². The Morgan fingerprint density at radius 2 is 2.00 bits per heavy atom. The van der Waals surface area contributed by atoms with Gasteiger partial charge in [0.1, 0.15) is 0 Å². The zero-order valence-corrected chi connectivity index (χ0v) is 13.8. The summed E-state index contributed by atoms with van der Waals surface area (Å²) in [7, 11) is 0. The van der Waals surface area contributed by atoms with Gasteiger partial charge in [0.25, 0.3) is 5.56 Å². The third-order valence-electron chi connectivity index (χ3n) is 3.09. The lowest BCUT2D eigenvalue weighted by atomic mass is 10.2. The Morgan fingerprint density at radius 3 is 2.76 bits per heavy atom. The van der Waals surface area contributed by atoms with Crippen LogP contribution >= 0.6 is 39.1 Å². The number of hydrogen-bond acceptors (Lipinski definition) is 2. The SMILES string of the molecule is O=c1c2cc(Cl)cc(Cl)c2ncn1Cc1cccc(Br)c1. The second kappa shape index (κ2) is 5.79. The van der Waals surface area contributed by atoms with Crippen molar-refractivity contribution in [2.24, 2.45) is 0 Å². The molecule has 0 saturated carbocycles. The number of rotatable bonds is 2. The van der Waals surface area contributed by atoms with Crippen molar-refractivity contribution in [1.82, 2.24) is 9.55 Å². The van der Waals surface area contributed by atoms with Crippen molar-refractivity contribution in [2.45, 2.75) is 6.54 Å². The molecule has 0 aliphatic heterocycles. The highest BCUT2D eigenvalue weighted by Crippen LogP contribution is 2.24. The molecule has 0 fully saturated rings. The van der Waals surface area contributed by atoms with Crippen LogP contribution in [0, 0.1) is 0 Å². The Hall–Kier alpha value is -1.36. The lowest BCUT2D eigenvalue weighted by molar-refractivity contribution is 0.748. The van der Waals surface area contributed by atoms with Crippen LogP contribution < -0.4 is 5.56 Å². The van der Waals surface area contributed by atoms with Gasteiger partial charge in [0.15, 0.2) is 0 Å². The normalized spacial score (nSPS) is 11.0. The van der Waals surface area contributed by atoms with Crippen molar-refractivity contribution in [3.63, 3.8) is 0 Å². The predicted molar refractivity (Wildman–Crippen MR) is 89.3 cm³/mol. The molecule has 6 heteroatoms. The van der Waals surface area contributed by atoms with Crippen LogP contribution in [0.25, 0.3) is 10.9 Å². The molecule has 0 atom stereocenters. The summed E-state index contributed by atoms with van der Waals surface area (Å²) in [6.07, 6.45) is 1.51. The molecule has 21 heavy (non-hydrogen) atoms. The average molecular weight is 384 g/mol. The second-order valence-corrected chi connectivity index (χ2v) is 6.35. The summed E-state index contributed by atoms with van der Waals surface area (Å²) in [5.74, 6) is 0. The van der Waals surface area contributed by atoms with E-state index in [1.807, 2.05) is 24.3 Å². The second-order valence-electron chi connectivity index (χ2n) is 4.59. The fraction of sp³-hybridized carbons (Fsp3) is 0.0667. The van der Waals surface area contributed by atoms with E-state index < -0.39 is 0 Å². The largest absolute Gasteiger partial charge is 0.294 e. The number of fused-ring (bicyclic) bond motifs is 1. The average Bonchev–Trinajstić information content (AvgIpc) is 2.42. The van der Waals surface area contributed by atoms with Gasteiger partial charge in [-0.05, 0) is 29.8 Å². The molecule has 0 unspecified atom stereocenters. The van der Waals surface area contributed by atoms with Crippen molar-refractivity contribution in [3.8, 4) is 0 Å². The molecular weight excluding hydrogens is 375 g/mol. The first-order valence-electron chi connectivity index (χ1n) is 6.13. The first-order valence-corrected chi connectivity index (χ1v) is 7.68. The Bertz CT molecular complexity index is 892. The highest BCUT2D eigenvalue weighted by molar-refractivity contribution is 9.10. The van der Waals surface area contributed by atoms with Gasteiger partial charge in [0, 0.05) is 9.50 Å². The molecule has 0 spiro atoms. The number of nitrogens with zero attached hydrogens (tertiary/aromatic N) is 2. The summed E-state index contributed by atoms with van der Waals surface area (Å²) in [6.45, 7) is 0.436. The number of benzene rings is 2. The molecule has 1 heterocycles. The van der Waals surface area contributed by atoms with Gasteiger partial charge in [-0.1, -0.05) is 51.3 Å². The molecule has 0 saturated heterocycles. The van der Waals surface area contributed by atoms with E-state index in [2.05, 4.69) is 20.9 Å². The van der Waals surface area contributed by atoms with Crippen LogP contribution in [0.15, 0.2) is 52.0 Å². The zero-order valence-electron chi connectivity index (χ0n) is 10.7. The lowest BCUT2D eigenvalue weighted by Crippen LogP contribution is -2.21. The Morgan fingerprint density at radius 1 is 1.19 bits per heavy atom. The van der Waals surface area contributed by atoms with Crippen LogP contribution in [0.1, 0.15) is 5.56 Å². The minimum atomic E-state index is -0.163. The van der Waals surface area contributed by atoms with Crippen LogP contribution in [0.5, 0.6) is 0 Å². The third-order valence-corrected chi connectivity index (χ3v) is 4.09.